The van der Waals surface area contributed by atoms with Crippen LogP contribution in [0.15, 0.2) is 0 Å². The van der Waals surface area contributed by atoms with E-state index in [2.05, 4.69) is 33.4 Å². The molecule has 12 heavy (non-hydrogen) atoms. The molecule has 6 nitrogen and oxygen atoms in total. The van der Waals surface area contributed by atoms with E-state index in [1.54, 1.807) is 0 Å². The van der Waals surface area contributed by atoms with Gasteiger partial charge in [-0.15, -0.1) is 10.2 Å². The monoisotopic (exact) mass is 187 g/mol. The molecular formula is C5H9N5OS. The van der Waals surface area contributed by atoms with E-state index in [-0.39, 0.29) is 6.04 Å². The molecule has 1 unspecified atom stereocenters. The first kappa shape index (κ1) is 7.96. The van der Waals surface area contributed by atoms with Crippen LogP contribution in [0.3, 0.4) is 0 Å². The van der Waals surface area contributed by atoms with Gasteiger partial charge in [0.05, 0.1) is 13.2 Å². The van der Waals surface area contributed by atoms with E-state index in [9.17, 15) is 0 Å². The topological polar surface area (TPSA) is 66.9 Å². The molecule has 1 saturated heterocycles. The van der Waals surface area contributed by atoms with E-state index in [4.69, 9.17) is 4.74 Å². The lowest BCUT2D eigenvalue weighted by molar-refractivity contribution is 0.0348. The smallest absolute Gasteiger partial charge is 0.194 e. The van der Waals surface area contributed by atoms with Gasteiger partial charge in [0, 0.05) is 6.54 Å². The highest BCUT2D eigenvalue weighted by molar-refractivity contribution is 7.77. The van der Waals surface area contributed by atoms with Crippen LogP contribution in [0.25, 0.3) is 0 Å². The minimum absolute atomic E-state index is 0.0147. The summed E-state index contributed by atoms with van der Waals surface area (Å²) in [4.78, 5) is 0. The average Bonchev–Trinajstić information content (AvgIpc) is 2.57. The fourth-order valence-corrected chi connectivity index (χ4v) is 1.37. The second kappa shape index (κ2) is 3.38. The van der Waals surface area contributed by atoms with Crippen LogP contribution >= 0.6 is 12.8 Å². The number of rotatable bonds is 1. The number of thiol groups is 1. The molecule has 0 spiro atoms. The Labute approximate surface area is 74.8 Å². The van der Waals surface area contributed by atoms with E-state index in [1.807, 2.05) is 4.31 Å². The van der Waals surface area contributed by atoms with Gasteiger partial charge in [-0.05, 0) is 0 Å². The summed E-state index contributed by atoms with van der Waals surface area (Å²) in [5.74, 6) is 0.629. The number of nitrogens with one attached hydrogen (secondary N) is 1. The standard InChI is InChI=1S/C5H9N5OS/c12-10-1-2-11-3-4(10)5-6-8-9-7-5/h4,12H,1-3H2,(H,6,7,8,9). The van der Waals surface area contributed by atoms with Gasteiger partial charge in [-0.3, -0.25) is 0 Å². The van der Waals surface area contributed by atoms with Crippen molar-refractivity contribution in [2.45, 2.75) is 6.04 Å². The Morgan fingerprint density at radius 3 is 3.25 bits per heavy atom. The largest absolute Gasteiger partial charge is 0.378 e. The first-order chi connectivity index (χ1) is 5.88. The zero-order valence-electron chi connectivity index (χ0n) is 6.34. The molecule has 2 rings (SSSR count). The molecule has 7 heteroatoms. The Kier molecular flexibility index (Phi) is 2.24. The van der Waals surface area contributed by atoms with Crippen molar-refractivity contribution in [3.05, 3.63) is 5.82 Å². The molecule has 1 atom stereocenters. The van der Waals surface area contributed by atoms with Gasteiger partial charge >= 0.3 is 0 Å². The van der Waals surface area contributed by atoms with E-state index in [0.717, 1.165) is 6.54 Å². The molecule has 1 aliphatic heterocycles. The Balaban J connectivity index is 2.11. The maximum absolute atomic E-state index is 5.26. The minimum atomic E-state index is 0.0147. The third-order valence-corrected chi connectivity index (χ3v) is 2.24. The van der Waals surface area contributed by atoms with Crippen molar-refractivity contribution in [2.75, 3.05) is 19.8 Å². The van der Waals surface area contributed by atoms with Crippen molar-refractivity contribution in [2.24, 2.45) is 0 Å². The van der Waals surface area contributed by atoms with E-state index in [1.165, 1.54) is 0 Å². The molecule has 1 aliphatic rings. The SMILES string of the molecule is SN1CCOCC1c1nn[nH]n1. The number of nitrogens with zero attached hydrogens (tertiary/aromatic N) is 4. The quantitative estimate of drug-likeness (QED) is 0.576. The molecule has 0 aliphatic carbocycles. The van der Waals surface area contributed by atoms with Crippen LogP contribution in [-0.4, -0.2) is 44.7 Å². The number of tetrazole rings is 1. The van der Waals surface area contributed by atoms with Gasteiger partial charge in [0.1, 0.15) is 6.04 Å². The second-order valence-electron chi connectivity index (χ2n) is 2.52. The van der Waals surface area contributed by atoms with E-state index < -0.39 is 0 Å². The van der Waals surface area contributed by atoms with Crippen molar-refractivity contribution >= 4 is 12.8 Å². The number of aromatic nitrogens is 4. The summed E-state index contributed by atoms with van der Waals surface area (Å²) in [6.07, 6.45) is 0. The van der Waals surface area contributed by atoms with Crippen LogP contribution in [0.1, 0.15) is 11.9 Å². The predicted octanol–water partition coefficient (Wildman–Crippen LogP) is -0.582. The summed E-state index contributed by atoms with van der Waals surface area (Å²) in [5.41, 5.74) is 0. The highest BCUT2D eigenvalue weighted by atomic mass is 32.1. The molecule has 1 aromatic rings. The summed E-state index contributed by atoms with van der Waals surface area (Å²) in [6.45, 7) is 2.06. The van der Waals surface area contributed by atoms with Crippen LogP contribution in [0.4, 0.5) is 0 Å². The maximum atomic E-state index is 5.26. The van der Waals surface area contributed by atoms with Crippen molar-refractivity contribution in [3.63, 3.8) is 0 Å². The number of aromatic amines is 1. The lowest BCUT2D eigenvalue weighted by Gasteiger charge is -2.28. The molecule has 0 amide bonds. The molecule has 0 saturated carbocycles. The summed E-state index contributed by atoms with van der Waals surface area (Å²) >= 11 is 4.27. The van der Waals surface area contributed by atoms with Crippen molar-refractivity contribution in [1.29, 1.82) is 0 Å². The lowest BCUT2D eigenvalue weighted by atomic mass is 10.3. The van der Waals surface area contributed by atoms with E-state index in [0.29, 0.717) is 19.0 Å². The van der Waals surface area contributed by atoms with Gasteiger partial charge in [-0.25, -0.2) is 4.31 Å². The zero-order valence-corrected chi connectivity index (χ0v) is 7.24. The Morgan fingerprint density at radius 1 is 1.67 bits per heavy atom. The predicted molar refractivity (Wildman–Crippen MR) is 43.4 cm³/mol. The Bertz CT molecular complexity index is 240. The summed E-state index contributed by atoms with van der Waals surface area (Å²) in [5, 5.41) is 13.6. The normalized spacial score (nSPS) is 25.9. The van der Waals surface area contributed by atoms with Gasteiger partial charge in [0.25, 0.3) is 0 Å². The van der Waals surface area contributed by atoms with Crippen LogP contribution < -0.4 is 0 Å². The number of hydrogen-bond donors (Lipinski definition) is 2. The van der Waals surface area contributed by atoms with Crippen molar-refractivity contribution in [1.82, 2.24) is 24.9 Å². The molecule has 66 valence electrons. The number of ether oxygens (including phenoxy) is 1. The summed E-state index contributed by atoms with van der Waals surface area (Å²) < 4.78 is 7.12. The fraction of sp³-hybridized carbons (Fsp3) is 0.800. The molecule has 0 bridgehead atoms. The average molecular weight is 187 g/mol. The van der Waals surface area contributed by atoms with Gasteiger partial charge in [0.15, 0.2) is 5.82 Å². The number of hydrogen-bond acceptors (Lipinski definition) is 6. The van der Waals surface area contributed by atoms with Gasteiger partial charge < -0.3 is 4.74 Å². The van der Waals surface area contributed by atoms with Gasteiger partial charge in [0.2, 0.25) is 0 Å². The van der Waals surface area contributed by atoms with E-state index >= 15 is 0 Å². The highest BCUT2D eigenvalue weighted by Crippen LogP contribution is 2.21. The molecule has 1 fully saturated rings. The van der Waals surface area contributed by atoms with Crippen LogP contribution in [0.2, 0.25) is 0 Å². The summed E-state index contributed by atoms with van der Waals surface area (Å²) in [7, 11) is 0. The van der Waals surface area contributed by atoms with Crippen LogP contribution in [0.5, 0.6) is 0 Å². The molecule has 1 N–H and O–H groups in total. The van der Waals surface area contributed by atoms with Gasteiger partial charge in [-0.2, -0.15) is 5.21 Å². The third kappa shape index (κ3) is 1.43. The third-order valence-electron chi connectivity index (χ3n) is 1.76. The highest BCUT2D eigenvalue weighted by Gasteiger charge is 2.25. The van der Waals surface area contributed by atoms with Crippen LogP contribution in [0, 0.1) is 0 Å². The summed E-state index contributed by atoms with van der Waals surface area (Å²) in [6, 6.07) is 0.0147. The minimum Gasteiger partial charge on any atom is -0.378 e. The van der Waals surface area contributed by atoms with Gasteiger partial charge in [-0.1, -0.05) is 18.0 Å². The van der Waals surface area contributed by atoms with Crippen molar-refractivity contribution in [3.8, 4) is 0 Å². The van der Waals surface area contributed by atoms with Crippen molar-refractivity contribution < 1.29 is 4.74 Å². The first-order valence-corrected chi connectivity index (χ1v) is 4.04. The molecule has 1 aromatic heterocycles. The Hall–Kier alpha value is -0.660. The maximum Gasteiger partial charge on any atom is 0.194 e. The second-order valence-corrected chi connectivity index (χ2v) is 3.04. The number of morpholine rings is 1. The lowest BCUT2D eigenvalue weighted by Crippen LogP contribution is -2.33. The Morgan fingerprint density at radius 2 is 2.58 bits per heavy atom. The first-order valence-electron chi connectivity index (χ1n) is 3.64. The number of H-pyrrole nitrogens is 1. The molecular weight excluding hydrogens is 178 g/mol. The molecule has 2 heterocycles. The zero-order chi connectivity index (χ0) is 8.39. The molecule has 0 radical (unpaired) electrons. The molecule has 0 aromatic carbocycles. The van der Waals surface area contributed by atoms with Crippen LogP contribution in [-0.2, 0) is 4.74 Å². The fourth-order valence-electron chi connectivity index (χ4n) is 1.11.